The molecule has 1 aromatic carbocycles. The van der Waals surface area contributed by atoms with Crippen molar-refractivity contribution in [3.05, 3.63) is 52.5 Å². The maximum absolute atomic E-state index is 13.1. The van der Waals surface area contributed by atoms with E-state index in [1.165, 1.54) is 30.5 Å². The average Bonchev–Trinajstić information content (AvgIpc) is 3.41. The number of benzene rings is 1. The van der Waals surface area contributed by atoms with E-state index < -0.39 is 0 Å². The largest absolute Gasteiger partial charge is 0.355 e. The summed E-state index contributed by atoms with van der Waals surface area (Å²) in [7, 11) is 0. The minimum Gasteiger partial charge on any atom is -0.355 e. The zero-order chi connectivity index (χ0) is 18.9. The van der Waals surface area contributed by atoms with Gasteiger partial charge in [-0.3, -0.25) is 9.59 Å². The van der Waals surface area contributed by atoms with Crippen LogP contribution in [0.1, 0.15) is 37.7 Å². The summed E-state index contributed by atoms with van der Waals surface area (Å²) in [6, 6.07) is 7.99. The number of hydrogen-bond acceptors (Lipinski definition) is 3. The Bertz CT molecular complexity index is 813. The zero-order valence-corrected chi connectivity index (χ0v) is 15.9. The smallest absolute Gasteiger partial charge is 0.227 e. The summed E-state index contributed by atoms with van der Waals surface area (Å²) in [4.78, 5) is 26.7. The van der Waals surface area contributed by atoms with E-state index in [1.54, 1.807) is 28.4 Å². The molecule has 0 spiro atoms. The minimum atomic E-state index is -0.358. The summed E-state index contributed by atoms with van der Waals surface area (Å²) in [5.41, 5.74) is 2.00. The Hall–Kier alpha value is -2.21. The monoisotopic (exact) mass is 386 g/mol. The number of nitrogens with zero attached hydrogens (tertiary/aromatic N) is 1. The SMILES string of the molecule is O=C(NCC1(c2ccsc2)CCCC1)C1CC(=O)N(c2ccc(F)cc2)C1. The molecule has 2 heterocycles. The van der Waals surface area contributed by atoms with Gasteiger partial charge in [-0.05, 0) is 59.5 Å². The van der Waals surface area contributed by atoms with Gasteiger partial charge in [0.1, 0.15) is 5.82 Å². The fraction of sp³-hybridized carbons (Fsp3) is 0.429. The van der Waals surface area contributed by atoms with Crippen LogP contribution in [0.25, 0.3) is 0 Å². The van der Waals surface area contributed by atoms with Gasteiger partial charge in [-0.1, -0.05) is 12.8 Å². The molecule has 4 nitrogen and oxygen atoms in total. The van der Waals surface area contributed by atoms with Gasteiger partial charge in [0.15, 0.2) is 0 Å². The van der Waals surface area contributed by atoms with Crippen molar-refractivity contribution in [3.63, 3.8) is 0 Å². The Kier molecular flexibility index (Phi) is 5.00. The summed E-state index contributed by atoms with van der Waals surface area (Å²) in [6.45, 7) is 0.978. The van der Waals surface area contributed by atoms with E-state index in [4.69, 9.17) is 0 Å². The predicted octanol–water partition coefficient (Wildman–Crippen LogP) is 3.87. The highest BCUT2D eigenvalue weighted by Crippen LogP contribution is 2.41. The van der Waals surface area contributed by atoms with E-state index in [1.807, 2.05) is 0 Å². The average molecular weight is 386 g/mol. The molecule has 0 radical (unpaired) electrons. The highest BCUT2D eigenvalue weighted by atomic mass is 32.1. The molecule has 142 valence electrons. The number of anilines is 1. The van der Waals surface area contributed by atoms with Gasteiger partial charge in [-0.15, -0.1) is 0 Å². The number of halogens is 1. The third-order valence-corrected chi connectivity index (χ3v) is 6.61. The second-order valence-corrected chi connectivity index (χ2v) is 8.38. The van der Waals surface area contributed by atoms with Crippen LogP contribution >= 0.6 is 11.3 Å². The van der Waals surface area contributed by atoms with Crippen LogP contribution < -0.4 is 10.2 Å². The molecule has 2 fully saturated rings. The van der Waals surface area contributed by atoms with Gasteiger partial charge in [0, 0.05) is 30.6 Å². The summed E-state index contributed by atoms with van der Waals surface area (Å²) >= 11 is 1.69. The van der Waals surface area contributed by atoms with Crippen LogP contribution in [0, 0.1) is 11.7 Å². The van der Waals surface area contributed by atoms with Crippen molar-refractivity contribution >= 4 is 28.8 Å². The number of carbonyl (C=O) groups excluding carboxylic acids is 2. The number of nitrogens with one attached hydrogen (secondary N) is 1. The molecule has 4 rings (SSSR count). The summed E-state index contributed by atoms with van der Waals surface area (Å²) in [5.74, 6) is -0.844. The quantitative estimate of drug-likeness (QED) is 0.848. The van der Waals surface area contributed by atoms with Gasteiger partial charge in [0.2, 0.25) is 11.8 Å². The van der Waals surface area contributed by atoms with Crippen molar-refractivity contribution in [1.29, 1.82) is 0 Å². The summed E-state index contributed by atoms with van der Waals surface area (Å²) in [5, 5.41) is 7.40. The first-order chi connectivity index (χ1) is 13.1. The van der Waals surface area contributed by atoms with Gasteiger partial charge in [-0.2, -0.15) is 11.3 Å². The normalized spacial score (nSPS) is 21.6. The van der Waals surface area contributed by atoms with Crippen LogP contribution in [0.15, 0.2) is 41.1 Å². The lowest BCUT2D eigenvalue weighted by molar-refractivity contribution is -0.126. The lowest BCUT2D eigenvalue weighted by atomic mass is 9.80. The molecular formula is C21H23FN2O2S. The number of carbonyl (C=O) groups is 2. The molecule has 1 aromatic heterocycles. The van der Waals surface area contributed by atoms with Gasteiger partial charge >= 0.3 is 0 Å². The fourth-order valence-corrected chi connectivity index (χ4v) is 5.12. The number of rotatable bonds is 5. The van der Waals surface area contributed by atoms with Crippen LogP contribution in [-0.2, 0) is 15.0 Å². The topological polar surface area (TPSA) is 49.4 Å². The molecule has 0 bridgehead atoms. The second kappa shape index (κ2) is 7.43. The summed E-state index contributed by atoms with van der Waals surface area (Å²) in [6.07, 6.45) is 4.76. The Morgan fingerprint density at radius 3 is 2.63 bits per heavy atom. The molecule has 1 atom stereocenters. The first kappa shape index (κ1) is 18.2. The minimum absolute atomic E-state index is 0.0366. The molecule has 6 heteroatoms. The van der Waals surface area contributed by atoms with Gasteiger partial charge < -0.3 is 10.2 Å². The first-order valence-corrected chi connectivity index (χ1v) is 10.4. The van der Waals surface area contributed by atoms with Crippen molar-refractivity contribution in [2.24, 2.45) is 5.92 Å². The number of hydrogen-bond donors (Lipinski definition) is 1. The van der Waals surface area contributed by atoms with Gasteiger partial charge in [0.05, 0.1) is 5.92 Å². The van der Waals surface area contributed by atoms with E-state index in [-0.39, 0.29) is 35.4 Å². The molecule has 1 N–H and O–H groups in total. The van der Waals surface area contributed by atoms with Crippen LogP contribution in [0.5, 0.6) is 0 Å². The molecule has 2 aromatic rings. The fourth-order valence-electron chi connectivity index (χ4n) is 4.34. The van der Waals surface area contributed by atoms with Crippen molar-refractivity contribution < 1.29 is 14.0 Å². The maximum Gasteiger partial charge on any atom is 0.227 e. The van der Waals surface area contributed by atoms with Gasteiger partial charge in [0.25, 0.3) is 0 Å². The van der Waals surface area contributed by atoms with Crippen LogP contribution in [0.4, 0.5) is 10.1 Å². The predicted molar refractivity (Wildman–Crippen MR) is 104 cm³/mol. The van der Waals surface area contributed by atoms with E-state index in [2.05, 4.69) is 22.1 Å². The van der Waals surface area contributed by atoms with Crippen molar-refractivity contribution in [1.82, 2.24) is 5.32 Å². The third kappa shape index (κ3) is 3.63. The van der Waals surface area contributed by atoms with E-state index in [0.717, 1.165) is 12.8 Å². The van der Waals surface area contributed by atoms with E-state index in [9.17, 15) is 14.0 Å². The molecule has 2 aliphatic rings. The summed E-state index contributed by atoms with van der Waals surface area (Å²) < 4.78 is 13.1. The van der Waals surface area contributed by atoms with Crippen LogP contribution in [-0.4, -0.2) is 24.9 Å². The highest BCUT2D eigenvalue weighted by Gasteiger charge is 2.39. The molecule has 2 amide bonds. The number of thiophene rings is 1. The molecule has 1 saturated heterocycles. The Morgan fingerprint density at radius 1 is 1.22 bits per heavy atom. The first-order valence-electron chi connectivity index (χ1n) is 9.44. The molecule has 1 unspecified atom stereocenters. The lowest BCUT2D eigenvalue weighted by Crippen LogP contribution is -2.42. The zero-order valence-electron chi connectivity index (χ0n) is 15.1. The molecule has 1 aliphatic carbocycles. The Labute approximate surface area is 162 Å². The van der Waals surface area contributed by atoms with Gasteiger partial charge in [-0.25, -0.2) is 4.39 Å². The Balaban J connectivity index is 1.40. The second-order valence-electron chi connectivity index (χ2n) is 7.60. The lowest BCUT2D eigenvalue weighted by Gasteiger charge is -2.29. The highest BCUT2D eigenvalue weighted by molar-refractivity contribution is 7.08. The molecule has 27 heavy (non-hydrogen) atoms. The molecule has 1 aliphatic heterocycles. The van der Waals surface area contributed by atoms with Crippen LogP contribution in [0.3, 0.4) is 0 Å². The van der Waals surface area contributed by atoms with Crippen molar-refractivity contribution in [3.8, 4) is 0 Å². The van der Waals surface area contributed by atoms with E-state index >= 15 is 0 Å². The Morgan fingerprint density at radius 2 is 1.96 bits per heavy atom. The molecular weight excluding hydrogens is 363 g/mol. The van der Waals surface area contributed by atoms with E-state index in [0.29, 0.717) is 18.8 Å². The molecule has 1 saturated carbocycles. The standard InChI is InChI=1S/C21H23FN2O2S/c22-17-3-5-18(6-4-17)24-12-15(11-19(24)25)20(26)23-14-21(8-1-2-9-21)16-7-10-27-13-16/h3-7,10,13,15H,1-2,8-9,11-12,14H2,(H,23,26). The van der Waals surface area contributed by atoms with Crippen LogP contribution in [0.2, 0.25) is 0 Å². The van der Waals surface area contributed by atoms with Crippen molar-refractivity contribution in [2.45, 2.75) is 37.5 Å². The third-order valence-electron chi connectivity index (χ3n) is 5.93. The van der Waals surface area contributed by atoms with Crippen molar-refractivity contribution in [2.75, 3.05) is 18.0 Å². The maximum atomic E-state index is 13.1. The number of amides is 2.